The molecular formula is C11H16O. The van der Waals surface area contributed by atoms with Gasteiger partial charge in [-0.1, -0.05) is 0 Å². The van der Waals surface area contributed by atoms with Crippen LogP contribution < -0.4 is 0 Å². The molecule has 1 nitrogen and oxygen atoms in total. The van der Waals surface area contributed by atoms with Gasteiger partial charge in [-0.2, -0.15) is 0 Å². The van der Waals surface area contributed by atoms with Crippen molar-refractivity contribution < 1.29 is 4.74 Å². The van der Waals surface area contributed by atoms with Gasteiger partial charge in [0.2, 0.25) is 0 Å². The van der Waals surface area contributed by atoms with Gasteiger partial charge in [0.1, 0.15) is 5.60 Å². The standard InChI is InChI=1S/C11H16O/c1-11(2)7-9-5-3-4-6-10(9)8-12-11/h7-8H,3-6H2,1-2H3. The Hall–Kier alpha value is -0.720. The predicted molar refractivity (Wildman–Crippen MR) is 49.8 cm³/mol. The van der Waals surface area contributed by atoms with Crippen molar-refractivity contribution in [2.24, 2.45) is 0 Å². The Labute approximate surface area is 74.1 Å². The second-order valence-corrected chi connectivity index (χ2v) is 4.24. The zero-order valence-electron chi connectivity index (χ0n) is 7.89. The van der Waals surface area contributed by atoms with Crippen molar-refractivity contribution in [1.82, 2.24) is 0 Å². The van der Waals surface area contributed by atoms with Gasteiger partial charge in [-0.3, -0.25) is 0 Å². The summed E-state index contributed by atoms with van der Waals surface area (Å²) in [7, 11) is 0. The average Bonchev–Trinajstić information content (AvgIpc) is 2.02. The third-order valence-electron chi connectivity index (χ3n) is 2.58. The van der Waals surface area contributed by atoms with E-state index in [4.69, 9.17) is 4.74 Å². The van der Waals surface area contributed by atoms with Gasteiger partial charge in [-0.25, -0.2) is 0 Å². The smallest absolute Gasteiger partial charge is 0.121 e. The van der Waals surface area contributed by atoms with Crippen LogP contribution in [-0.4, -0.2) is 5.60 Å². The van der Waals surface area contributed by atoms with Gasteiger partial charge in [0, 0.05) is 0 Å². The van der Waals surface area contributed by atoms with E-state index in [1.54, 1.807) is 0 Å². The minimum absolute atomic E-state index is 0.0732. The molecule has 1 fully saturated rings. The number of rotatable bonds is 0. The first kappa shape index (κ1) is 7.90. The van der Waals surface area contributed by atoms with E-state index in [0.717, 1.165) is 0 Å². The molecule has 0 N–H and O–H groups in total. The Morgan fingerprint density at radius 1 is 1.17 bits per heavy atom. The van der Waals surface area contributed by atoms with Crippen LogP contribution >= 0.6 is 0 Å². The molecule has 2 aliphatic rings. The summed E-state index contributed by atoms with van der Waals surface area (Å²) in [5.41, 5.74) is 2.88. The van der Waals surface area contributed by atoms with E-state index in [2.05, 4.69) is 19.9 Å². The first-order valence-electron chi connectivity index (χ1n) is 4.76. The number of ether oxygens (including phenoxy) is 1. The Kier molecular flexibility index (Phi) is 1.75. The SMILES string of the molecule is CC1(C)C=C2CCCCC2=CO1. The van der Waals surface area contributed by atoms with Gasteiger partial charge in [0.15, 0.2) is 0 Å². The molecule has 1 saturated carbocycles. The maximum absolute atomic E-state index is 5.60. The molecule has 0 atom stereocenters. The van der Waals surface area contributed by atoms with Crippen molar-refractivity contribution in [3.63, 3.8) is 0 Å². The zero-order valence-corrected chi connectivity index (χ0v) is 7.89. The fourth-order valence-electron chi connectivity index (χ4n) is 1.93. The Balaban J connectivity index is 2.24. The maximum Gasteiger partial charge on any atom is 0.121 e. The number of hydrogen-bond donors (Lipinski definition) is 0. The van der Waals surface area contributed by atoms with Crippen LogP contribution in [0.3, 0.4) is 0 Å². The minimum atomic E-state index is -0.0732. The van der Waals surface area contributed by atoms with Crippen LogP contribution in [0.25, 0.3) is 0 Å². The lowest BCUT2D eigenvalue weighted by molar-refractivity contribution is 0.0964. The van der Waals surface area contributed by atoms with Gasteiger partial charge in [0.25, 0.3) is 0 Å². The van der Waals surface area contributed by atoms with Crippen LogP contribution in [0, 0.1) is 0 Å². The summed E-state index contributed by atoms with van der Waals surface area (Å²) in [5, 5.41) is 0. The molecule has 1 aliphatic heterocycles. The largest absolute Gasteiger partial charge is 0.491 e. The summed E-state index contributed by atoms with van der Waals surface area (Å²) in [4.78, 5) is 0. The summed E-state index contributed by atoms with van der Waals surface area (Å²) in [5.74, 6) is 0. The highest BCUT2D eigenvalue weighted by Crippen LogP contribution is 2.34. The Morgan fingerprint density at radius 2 is 1.83 bits per heavy atom. The molecule has 0 aromatic heterocycles. The van der Waals surface area contributed by atoms with E-state index >= 15 is 0 Å². The zero-order chi connectivity index (χ0) is 8.60. The molecule has 0 aromatic carbocycles. The topological polar surface area (TPSA) is 9.23 Å². The maximum atomic E-state index is 5.60. The summed E-state index contributed by atoms with van der Waals surface area (Å²) >= 11 is 0. The van der Waals surface area contributed by atoms with Crippen molar-refractivity contribution in [2.75, 3.05) is 0 Å². The molecule has 0 spiro atoms. The van der Waals surface area contributed by atoms with E-state index in [1.165, 1.54) is 36.8 Å². The first-order chi connectivity index (χ1) is 5.67. The molecule has 1 aliphatic carbocycles. The molecular weight excluding hydrogens is 148 g/mol. The monoisotopic (exact) mass is 164 g/mol. The third-order valence-corrected chi connectivity index (χ3v) is 2.58. The number of hydrogen-bond acceptors (Lipinski definition) is 1. The van der Waals surface area contributed by atoms with Crippen molar-refractivity contribution in [3.8, 4) is 0 Å². The Morgan fingerprint density at radius 3 is 2.58 bits per heavy atom. The molecule has 1 heteroatoms. The van der Waals surface area contributed by atoms with Crippen LogP contribution in [0.1, 0.15) is 39.5 Å². The summed E-state index contributed by atoms with van der Waals surface area (Å²) in [6, 6.07) is 0. The van der Waals surface area contributed by atoms with Gasteiger partial charge in [-0.15, -0.1) is 0 Å². The molecule has 0 saturated heterocycles. The highest BCUT2D eigenvalue weighted by atomic mass is 16.5. The molecule has 0 aromatic rings. The molecule has 12 heavy (non-hydrogen) atoms. The van der Waals surface area contributed by atoms with Crippen LogP contribution in [0.2, 0.25) is 0 Å². The van der Waals surface area contributed by atoms with Crippen LogP contribution in [0.5, 0.6) is 0 Å². The van der Waals surface area contributed by atoms with Crippen molar-refractivity contribution >= 4 is 0 Å². The van der Waals surface area contributed by atoms with Crippen molar-refractivity contribution in [3.05, 3.63) is 23.5 Å². The van der Waals surface area contributed by atoms with Crippen LogP contribution in [0.15, 0.2) is 23.5 Å². The molecule has 2 rings (SSSR count). The highest BCUT2D eigenvalue weighted by Gasteiger charge is 2.23. The van der Waals surface area contributed by atoms with Gasteiger partial charge >= 0.3 is 0 Å². The summed E-state index contributed by atoms with van der Waals surface area (Å²) in [6.07, 6.45) is 9.38. The molecule has 0 amide bonds. The fourth-order valence-corrected chi connectivity index (χ4v) is 1.93. The van der Waals surface area contributed by atoms with Gasteiger partial charge < -0.3 is 4.74 Å². The molecule has 0 unspecified atom stereocenters. The van der Waals surface area contributed by atoms with E-state index in [1.807, 2.05) is 6.26 Å². The molecule has 0 bridgehead atoms. The minimum Gasteiger partial charge on any atom is -0.491 e. The quantitative estimate of drug-likeness (QED) is 0.534. The first-order valence-corrected chi connectivity index (χ1v) is 4.76. The molecule has 66 valence electrons. The van der Waals surface area contributed by atoms with Gasteiger partial charge in [-0.05, 0) is 56.8 Å². The predicted octanol–water partition coefficient (Wildman–Crippen LogP) is 3.18. The second-order valence-electron chi connectivity index (χ2n) is 4.24. The summed E-state index contributed by atoms with van der Waals surface area (Å²) < 4.78 is 5.60. The van der Waals surface area contributed by atoms with E-state index < -0.39 is 0 Å². The van der Waals surface area contributed by atoms with Crippen molar-refractivity contribution in [1.29, 1.82) is 0 Å². The Bertz CT molecular complexity index is 246. The van der Waals surface area contributed by atoms with Gasteiger partial charge in [0.05, 0.1) is 6.26 Å². The number of fused-ring (bicyclic) bond motifs is 1. The van der Waals surface area contributed by atoms with E-state index in [0.29, 0.717) is 0 Å². The van der Waals surface area contributed by atoms with Crippen molar-refractivity contribution in [2.45, 2.75) is 45.1 Å². The molecule has 1 heterocycles. The lowest BCUT2D eigenvalue weighted by atomic mass is 9.86. The summed E-state index contributed by atoms with van der Waals surface area (Å²) in [6.45, 7) is 4.23. The van der Waals surface area contributed by atoms with E-state index in [9.17, 15) is 0 Å². The average molecular weight is 164 g/mol. The lowest BCUT2D eigenvalue weighted by Crippen LogP contribution is -2.23. The van der Waals surface area contributed by atoms with E-state index in [-0.39, 0.29) is 5.60 Å². The second kappa shape index (κ2) is 2.65. The fraction of sp³-hybridized carbons (Fsp3) is 0.636. The van der Waals surface area contributed by atoms with Crippen LogP contribution in [-0.2, 0) is 4.74 Å². The van der Waals surface area contributed by atoms with Crippen LogP contribution in [0.4, 0.5) is 0 Å². The molecule has 0 radical (unpaired) electrons. The lowest BCUT2D eigenvalue weighted by Gasteiger charge is -2.30. The number of allylic oxidation sites excluding steroid dienone is 2. The normalized spacial score (nSPS) is 26.5. The highest BCUT2D eigenvalue weighted by molar-refractivity contribution is 5.35. The third kappa shape index (κ3) is 1.40.